The van der Waals surface area contributed by atoms with Crippen molar-refractivity contribution in [3.05, 3.63) is 17.7 Å². The maximum Gasteiger partial charge on any atom is 0.0949 e. The van der Waals surface area contributed by atoms with Crippen molar-refractivity contribution in [1.29, 1.82) is 0 Å². The number of nitrogens with zero attached hydrogens (tertiary/aromatic N) is 2. The summed E-state index contributed by atoms with van der Waals surface area (Å²) < 4.78 is 2.12. The van der Waals surface area contributed by atoms with Gasteiger partial charge >= 0.3 is 0 Å². The molecule has 1 unspecified atom stereocenters. The highest BCUT2D eigenvalue weighted by Gasteiger charge is 2.18. The molecule has 5 heteroatoms. The molecule has 1 aromatic rings. The van der Waals surface area contributed by atoms with Crippen molar-refractivity contribution >= 4 is 24.8 Å². The number of fused-ring (bicyclic) bond motifs is 1. The second kappa shape index (κ2) is 4.84. The number of imidazole rings is 1. The van der Waals surface area contributed by atoms with E-state index in [1.54, 1.807) is 0 Å². The predicted octanol–water partition coefficient (Wildman–Crippen LogP) is 1.47. The molecule has 0 spiro atoms. The highest BCUT2D eigenvalue weighted by atomic mass is 35.5. The van der Waals surface area contributed by atoms with E-state index in [2.05, 4.69) is 28.8 Å². The molecule has 3 nitrogen and oxygen atoms in total. The third-order valence-electron chi connectivity index (χ3n) is 2.31. The first-order valence-corrected chi connectivity index (χ1v) is 4.02. The minimum absolute atomic E-state index is 0. The summed E-state index contributed by atoms with van der Waals surface area (Å²) in [6.45, 7) is 3.23. The molecule has 1 N–H and O–H groups in total. The molecule has 2 heterocycles. The van der Waals surface area contributed by atoms with Crippen molar-refractivity contribution in [2.45, 2.75) is 19.4 Å². The Morgan fingerprint density at radius 2 is 2.23 bits per heavy atom. The van der Waals surface area contributed by atoms with Crippen molar-refractivity contribution in [3.8, 4) is 0 Å². The first-order valence-electron chi connectivity index (χ1n) is 4.02. The summed E-state index contributed by atoms with van der Waals surface area (Å²) in [6.07, 6.45) is 3.00. The second-order valence-corrected chi connectivity index (χ2v) is 3.11. The Morgan fingerprint density at radius 1 is 1.54 bits per heavy atom. The Kier molecular flexibility index (Phi) is 4.75. The normalized spacial score (nSPS) is 19.7. The van der Waals surface area contributed by atoms with Crippen LogP contribution < -0.4 is 5.32 Å². The van der Waals surface area contributed by atoms with Crippen molar-refractivity contribution in [2.75, 3.05) is 6.54 Å². The van der Waals surface area contributed by atoms with Gasteiger partial charge in [0.2, 0.25) is 0 Å². The zero-order valence-electron chi connectivity index (χ0n) is 7.78. The van der Waals surface area contributed by atoms with Crippen LogP contribution in [-0.4, -0.2) is 16.1 Å². The summed E-state index contributed by atoms with van der Waals surface area (Å²) in [7, 11) is 2.06. The molecule has 13 heavy (non-hydrogen) atoms. The van der Waals surface area contributed by atoms with Crippen LogP contribution in [0.5, 0.6) is 0 Å². The van der Waals surface area contributed by atoms with Crippen molar-refractivity contribution < 1.29 is 0 Å². The maximum absolute atomic E-state index is 4.34. The lowest BCUT2D eigenvalue weighted by Gasteiger charge is -2.19. The molecule has 76 valence electrons. The Hall–Kier alpha value is -0.250. The van der Waals surface area contributed by atoms with Crippen LogP contribution in [0.4, 0.5) is 0 Å². The summed E-state index contributed by atoms with van der Waals surface area (Å²) in [6, 6.07) is 0.431. The van der Waals surface area contributed by atoms with E-state index in [1.807, 2.05) is 6.33 Å². The standard InChI is InChI=1S/C8H13N3.2ClH/c1-6-8-7(3-4-9-6)11(2)5-10-8;;/h5-6,9H,3-4H2,1-2H3;2*1H. The number of hydrogen-bond donors (Lipinski definition) is 1. The van der Waals surface area contributed by atoms with E-state index in [-0.39, 0.29) is 24.8 Å². The third kappa shape index (κ3) is 2.16. The van der Waals surface area contributed by atoms with Gasteiger partial charge in [-0.3, -0.25) is 0 Å². The summed E-state index contributed by atoms with van der Waals surface area (Å²) in [5.41, 5.74) is 2.61. The zero-order valence-corrected chi connectivity index (χ0v) is 9.41. The van der Waals surface area contributed by atoms with Gasteiger partial charge < -0.3 is 9.88 Å². The van der Waals surface area contributed by atoms with Crippen LogP contribution in [0.15, 0.2) is 6.33 Å². The van der Waals surface area contributed by atoms with Gasteiger partial charge in [-0.1, -0.05) is 0 Å². The minimum atomic E-state index is 0. The van der Waals surface area contributed by atoms with Crippen molar-refractivity contribution in [2.24, 2.45) is 7.05 Å². The molecule has 1 aromatic heterocycles. The minimum Gasteiger partial charge on any atom is -0.337 e. The Labute approximate surface area is 90.7 Å². The molecule has 0 fully saturated rings. The maximum atomic E-state index is 4.34. The van der Waals surface area contributed by atoms with E-state index in [1.165, 1.54) is 11.4 Å². The molecular formula is C8H15Cl2N3. The second-order valence-electron chi connectivity index (χ2n) is 3.11. The van der Waals surface area contributed by atoms with E-state index >= 15 is 0 Å². The van der Waals surface area contributed by atoms with Gasteiger partial charge in [-0.2, -0.15) is 0 Å². The number of halogens is 2. The van der Waals surface area contributed by atoms with Gasteiger partial charge in [0.15, 0.2) is 0 Å². The van der Waals surface area contributed by atoms with Crippen LogP contribution in [0.3, 0.4) is 0 Å². The first-order chi connectivity index (χ1) is 5.29. The lowest BCUT2D eigenvalue weighted by atomic mass is 10.1. The van der Waals surface area contributed by atoms with Crippen LogP contribution >= 0.6 is 24.8 Å². The predicted molar refractivity (Wildman–Crippen MR) is 57.8 cm³/mol. The monoisotopic (exact) mass is 223 g/mol. The van der Waals surface area contributed by atoms with E-state index in [9.17, 15) is 0 Å². The fraction of sp³-hybridized carbons (Fsp3) is 0.625. The van der Waals surface area contributed by atoms with Crippen LogP contribution in [0.25, 0.3) is 0 Å². The van der Waals surface area contributed by atoms with E-state index in [0.29, 0.717) is 6.04 Å². The molecule has 0 saturated carbocycles. The van der Waals surface area contributed by atoms with Gasteiger partial charge in [0.25, 0.3) is 0 Å². The van der Waals surface area contributed by atoms with Gasteiger partial charge in [-0.05, 0) is 6.92 Å². The van der Waals surface area contributed by atoms with Crippen LogP contribution in [-0.2, 0) is 13.5 Å². The Bertz CT molecular complexity index is 272. The smallest absolute Gasteiger partial charge is 0.0949 e. The van der Waals surface area contributed by atoms with Gasteiger partial charge in [-0.15, -0.1) is 24.8 Å². The van der Waals surface area contributed by atoms with Gasteiger partial charge in [-0.25, -0.2) is 4.98 Å². The number of aromatic nitrogens is 2. The summed E-state index contributed by atoms with van der Waals surface area (Å²) >= 11 is 0. The highest BCUT2D eigenvalue weighted by molar-refractivity contribution is 5.85. The molecule has 1 atom stereocenters. The number of rotatable bonds is 0. The Balaban J connectivity index is 0.000000720. The van der Waals surface area contributed by atoms with E-state index in [0.717, 1.165) is 13.0 Å². The van der Waals surface area contributed by atoms with Crippen molar-refractivity contribution in [3.63, 3.8) is 0 Å². The molecule has 1 aliphatic rings. The lowest BCUT2D eigenvalue weighted by molar-refractivity contribution is 0.520. The molecule has 0 saturated heterocycles. The average molecular weight is 224 g/mol. The molecule has 0 bridgehead atoms. The number of aryl methyl sites for hydroxylation is 1. The SMILES string of the molecule is CC1NCCc2c1ncn2C.Cl.Cl. The summed E-state index contributed by atoms with van der Waals surface area (Å²) in [5.74, 6) is 0. The zero-order chi connectivity index (χ0) is 7.84. The molecule has 0 radical (unpaired) electrons. The number of hydrogen-bond acceptors (Lipinski definition) is 2. The molecule has 1 aliphatic heterocycles. The molecule has 0 amide bonds. The molecule has 2 rings (SSSR count). The number of nitrogens with one attached hydrogen (secondary N) is 1. The van der Waals surface area contributed by atoms with Gasteiger partial charge in [0.05, 0.1) is 12.0 Å². The first kappa shape index (κ1) is 12.8. The van der Waals surface area contributed by atoms with E-state index in [4.69, 9.17) is 0 Å². The van der Waals surface area contributed by atoms with Crippen molar-refractivity contribution in [1.82, 2.24) is 14.9 Å². The Morgan fingerprint density at radius 3 is 2.85 bits per heavy atom. The average Bonchev–Trinajstić information content (AvgIpc) is 2.35. The fourth-order valence-corrected chi connectivity index (χ4v) is 1.64. The van der Waals surface area contributed by atoms with Crippen LogP contribution in [0.1, 0.15) is 24.4 Å². The van der Waals surface area contributed by atoms with Crippen LogP contribution in [0.2, 0.25) is 0 Å². The lowest BCUT2D eigenvalue weighted by Crippen LogP contribution is -2.28. The largest absolute Gasteiger partial charge is 0.337 e. The molecule has 0 aliphatic carbocycles. The topological polar surface area (TPSA) is 29.9 Å². The van der Waals surface area contributed by atoms with Crippen LogP contribution in [0, 0.1) is 0 Å². The van der Waals surface area contributed by atoms with Gasteiger partial charge in [0, 0.05) is 31.7 Å². The third-order valence-corrected chi connectivity index (χ3v) is 2.31. The van der Waals surface area contributed by atoms with Gasteiger partial charge in [0.1, 0.15) is 0 Å². The quantitative estimate of drug-likeness (QED) is 0.723. The highest BCUT2D eigenvalue weighted by Crippen LogP contribution is 2.19. The fourth-order valence-electron chi connectivity index (χ4n) is 1.64. The summed E-state index contributed by atoms with van der Waals surface area (Å²) in [4.78, 5) is 4.34. The van der Waals surface area contributed by atoms with E-state index < -0.39 is 0 Å². The molecule has 0 aromatic carbocycles. The summed E-state index contributed by atoms with van der Waals surface area (Å²) in [5, 5.41) is 3.38. The molecular weight excluding hydrogens is 209 g/mol.